The van der Waals surface area contributed by atoms with E-state index in [2.05, 4.69) is 39.0 Å². The van der Waals surface area contributed by atoms with Gasteiger partial charge in [0.1, 0.15) is 0 Å². The third-order valence-corrected chi connectivity index (χ3v) is 7.27. The second-order valence-corrected chi connectivity index (χ2v) is 10.2. The number of aryl methyl sites for hydroxylation is 1. The van der Waals surface area contributed by atoms with Crippen LogP contribution in [0.3, 0.4) is 0 Å². The van der Waals surface area contributed by atoms with E-state index in [0.717, 1.165) is 38.3 Å². The maximum absolute atomic E-state index is 12.9. The van der Waals surface area contributed by atoms with E-state index in [9.17, 15) is 13.2 Å². The van der Waals surface area contributed by atoms with Gasteiger partial charge in [0.25, 0.3) is 5.91 Å². The Morgan fingerprint density at radius 1 is 1.06 bits per heavy atom. The monoisotopic (exact) mass is 474 g/mol. The lowest BCUT2D eigenvalue weighted by molar-refractivity contribution is 0.0950. The second-order valence-electron chi connectivity index (χ2n) is 8.45. The molecule has 0 radical (unpaired) electrons. The Labute approximate surface area is 197 Å². The van der Waals surface area contributed by atoms with Gasteiger partial charge in [-0.25, -0.2) is 13.1 Å². The van der Waals surface area contributed by atoms with Crippen molar-refractivity contribution in [3.63, 3.8) is 0 Å². The van der Waals surface area contributed by atoms with Crippen LogP contribution in [0.2, 0.25) is 0 Å². The molecule has 0 spiro atoms. The lowest BCUT2D eigenvalue weighted by atomic mass is 10.1. The highest BCUT2D eigenvalue weighted by Crippen LogP contribution is 2.16. The highest BCUT2D eigenvalue weighted by molar-refractivity contribution is 7.89. The molecule has 9 heteroatoms. The number of benzene rings is 2. The van der Waals surface area contributed by atoms with Crippen LogP contribution >= 0.6 is 0 Å². The SMILES string of the molecule is COCCNS(=O)(=O)c1ccc(C)c(C(=O)NCc2cccc(CN3CCN(C)CC3)c2)c1. The summed E-state index contributed by atoms with van der Waals surface area (Å²) in [6.45, 7) is 7.75. The van der Waals surface area contributed by atoms with E-state index in [1.54, 1.807) is 13.0 Å². The van der Waals surface area contributed by atoms with Gasteiger partial charge in [0, 0.05) is 58.5 Å². The average molecular weight is 475 g/mol. The minimum Gasteiger partial charge on any atom is -0.383 e. The standard InChI is InChI=1S/C24H34N4O4S/c1-19-7-8-22(33(30,31)26-9-14-32-3)16-23(19)24(29)25-17-20-5-4-6-21(15-20)18-28-12-10-27(2)11-13-28/h4-8,15-16,26H,9-14,17-18H2,1-3H3,(H,25,29). The van der Waals surface area contributed by atoms with Crippen molar-refractivity contribution in [3.05, 3.63) is 64.7 Å². The maximum Gasteiger partial charge on any atom is 0.251 e. The van der Waals surface area contributed by atoms with Crippen molar-refractivity contribution < 1.29 is 17.9 Å². The predicted molar refractivity (Wildman–Crippen MR) is 129 cm³/mol. The van der Waals surface area contributed by atoms with Gasteiger partial charge in [-0.3, -0.25) is 9.69 Å². The predicted octanol–water partition coefficient (Wildman–Crippen LogP) is 1.60. The van der Waals surface area contributed by atoms with Gasteiger partial charge >= 0.3 is 0 Å². The van der Waals surface area contributed by atoms with Crippen LogP contribution in [-0.4, -0.2) is 77.6 Å². The normalized spacial score (nSPS) is 15.5. The van der Waals surface area contributed by atoms with Crippen LogP contribution in [0.1, 0.15) is 27.0 Å². The van der Waals surface area contributed by atoms with Crippen molar-refractivity contribution in [2.75, 3.05) is 53.5 Å². The van der Waals surface area contributed by atoms with E-state index in [-0.39, 0.29) is 24.0 Å². The third kappa shape index (κ3) is 7.35. The van der Waals surface area contributed by atoms with Crippen molar-refractivity contribution in [3.8, 4) is 0 Å². The Balaban J connectivity index is 1.62. The quantitative estimate of drug-likeness (QED) is 0.509. The fraction of sp³-hybridized carbons (Fsp3) is 0.458. The van der Waals surface area contributed by atoms with Crippen LogP contribution < -0.4 is 10.0 Å². The number of hydrogen-bond acceptors (Lipinski definition) is 6. The van der Waals surface area contributed by atoms with Crippen LogP contribution in [0.25, 0.3) is 0 Å². The summed E-state index contributed by atoms with van der Waals surface area (Å²) in [5.74, 6) is -0.300. The molecule has 33 heavy (non-hydrogen) atoms. The first-order valence-electron chi connectivity index (χ1n) is 11.1. The fourth-order valence-corrected chi connectivity index (χ4v) is 4.79. The van der Waals surface area contributed by atoms with E-state index < -0.39 is 10.0 Å². The number of carbonyl (C=O) groups excluding carboxylic acids is 1. The van der Waals surface area contributed by atoms with Crippen molar-refractivity contribution in [2.24, 2.45) is 0 Å². The second kappa shape index (κ2) is 11.7. The molecule has 2 aromatic carbocycles. The molecule has 3 rings (SSSR count). The van der Waals surface area contributed by atoms with Crippen LogP contribution in [0, 0.1) is 6.92 Å². The summed E-state index contributed by atoms with van der Waals surface area (Å²) < 4.78 is 32.3. The van der Waals surface area contributed by atoms with Gasteiger partial charge in [0.15, 0.2) is 0 Å². The molecule has 1 heterocycles. The Bertz CT molecular complexity index is 1050. The zero-order valence-electron chi connectivity index (χ0n) is 19.6. The summed E-state index contributed by atoms with van der Waals surface area (Å²) in [4.78, 5) is 17.7. The van der Waals surface area contributed by atoms with Gasteiger partial charge in [-0.15, -0.1) is 0 Å². The van der Waals surface area contributed by atoms with E-state index in [4.69, 9.17) is 4.74 Å². The first-order valence-corrected chi connectivity index (χ1v) is 12.6. The number of amides is 1. The van der Waals surface area contributed by atoms with E-state index in [0.29, 0.717) is 17.7 Å². The van der Waals surface area contributed by atoms with Crippen LogP contribution in [0.15, 0.2) is 47.4 Å². The molecule has 1 saturated heterocycles. The maximum atomic E-state index is 12.9. The van der Waals surface area contributed by atoms with Gasteiger partial charge in [-0.05, 0) is 42.8 Å². The Kier molecular flexibility index (Phi) is 8.99. The van der Waals surface area contributed by atoms with Gasteiger partial charge in [0.2, 0.25) is 10.0 Å². The van der Waals surface area contributed by atoms with E-state index in [1.165, 1.54) is 24.8 Å². The minimum absolute atomic E-state index is 0.0588. The number of ether oxygens (including phenoxy) is 1. The molecule has 8 nitrogen and oxygen atoms in total. The minimum atomic E-state index is -3.71. The topological polar surface area (TPSA) is 91.0 Å². The molecule has 1 fully saturated rings. The summed E-state index contributed by atoms with van der Waals surface area (Å²) in [6, 6.07) is 12.8. The molecule has 0 unspecified atom stereocenters. The zero-order valence-corrected chi connectivity index (χ0v) is 20.5. The molecule has 180 valence electrons. The molecule has 1 aliphatic rings. The number of nitrogens with zero attached hydrogens (tertiary/aromatic N) is 2. The largest absolute Gasteiger partial charge is 0.383 e. The lowest BCUT2D eigenvalue weighted by Crippen LogP contribution is -2.43. The Morgan fingerprint density at radius 2 is 1.79 bits per heavy atom. The molecular formula is C24H34N4O4S. The summed E-state index contributed by atoms with van der Waals surface area (Å²) in [5, 5.41) is 2.93. The number of likely N-dealkylation sites (N-methyl/N-ethyl adjacent to an activating group) is 1. The highest BCUT2D eigenvalue weighted by Gasteiger charge is 2.18. The van der Waals surface area contributed by atoms with Gasteiger partial charge in [0.05, 0.1) is 11.5 Å². The molecule has 0 aromatic heterocycles. The third-order valence-electron chi connectivity index (χ3n) is 5.81. The van der Waals surface area contributed by atoms with Crippen molar-refractivity contribution >= 4 is 15.9 Å². The smallest absolute Gasteiger partial charge is 0.251 e. The molecule has 0 aliphatic carbocycles. The summed E-state index contributed by atoms with van der Waals surface area (Å²) in [5.41, 5.74) is 3.29. The number of nitrogens with one attached hydrogen (secondary N) is 2. The lowest BCUT2D eigenvalue weighted by Gasteiger charge is -2.32. The molecule has 2 N–H and O–H groups in total. The molecule has 2 aromatic rings. The molecular weight excluding hydrogens is 440 g/mol. The summed E-state index contributed by atoms with van der Waals surface area (Å²) in [6.07, 6.45) is 0. The summed E-state index contributed by atoms with van der Waals surface area (Å²) >= 11 is 0. The Hall–Kier alpha value is -2.30. The highest BCUT2D eigenvalue weighted by atomic mass is 32.2. The average Bonchev–Trinajstić information content (AvgIpc) is 2.79. The molecule has 0 bridgehead atoms. The molecule has 1 aliphatic heterocycles. The van der Waals surface area contributed by atoms with Crippen molar-refractivity contribution in [1.82, 2.24) is 19.8 Å². The number of rotatable bonds is 10. The van der Waals surface area contributed by atoms with Gasteiger partial charge in [-0.2, -0.15) is 0 Å². The number of carbonyl (C=O) groups is 1. The number of sulfonamides is 1. The van der Waals surface area contributed by atoms with E-state index >= 15 is 0 Å². The fourth-order valence-electron chi connectivity index (χ4n) is 3.75. The molecule has 1 amide bonds. The zero-order chi connectivity index (χ0) is 23.8. The number of hydrogen-bond donors (Lipinski definition) is 2. The van der Waals surface area contributed by atoms with Gasteiger partial charge < -0.3 is 15.0 Å². The van der Waals surface area contributed by atoms with Crippen molar-refractivity contribution in [1.29, 1.82) is 0 Å². The first kappa shape index (κ1) is 25.3. The van der Waals surface area contributed by atoms with E-state index in [1.807, 2.05) is 12.1 Å². The Morgan fingerprint density at radius 3 is 2.52 bits per heavy atom. The van der Waals surface area contributed by atoms with Crippen molar-refractivity contribution in [2.45, 2.75) is 24.9 Å². The van der Waals surface area contributed by atoms with Crippen LogP contribution in [0.4, 0.5) is 0 Å². The number of piperazine rings is 1. The molecule has 0 saturated carbocycles. The van der Waals surface area contributed by atoms with Crippen LogP contribution in [0.5, 0.6) is 0 Å². The molecule has 0 atom stereocenters. The number of methoxy groups -OCH3 is 1. The van der Waals surface area contributed by atoms with Crippen LogP contribution in [-0.2, 0) is 27.8 Å². The van der Waals surface area contributed by atoms with Gasteiger partial charge in [-0.1, -0.05) is 30.3 Å². The summed E-state index contributed by atoms with van der Waals surface area (Å²) in [7, 11) is -0.0644. The first-order chi connectivity index (χ1) is 15.8.